The molecule has 1 spiro atoms. The molecule has 1 nitrogen and oxygen atoms in total. The quantitative estimate of drug-likeness (QED) is 0.540. The zero-order chi connectivity index (χ0) is 7.61. The molecular formula is C9H19N. The van der Waals surface area contributed by atoms with Gasteiger partial charge in [0, 0.05) is 13.1 Å². The van der Waals surface area contributed by atoms with Gasteiger partial charge in [-0.25, -0.2) is 0 Å². The monoisotopic (exact) mass is 141 g/mol. The summed E-state index contributed by atoms with van der Waals surface area (Å²) >= 11 is 0. The van der Waals surface area contributed by atoms with Gasteiger partial charge >= 0.3 is 0 Å². The van der Waals surface area contributed by atoms with Crippen molar-refractivity contribution in [3.8, 4) is 0 Å². The average Bonchev–Trinajstić information content (AvgIpc) is 2.67. The van der Waals surface area contributed by atoms with Crippen LogP contribution >= 0.6 is 0 Å². The lowest BCUT2D eigenvalue weighted by molar-refractivity contribution is 0.0886. The summed E-state index contributed by atoms with van der Waals surface area (Å²) in [7, 11) is 0. The molecule has 2 rings (SSSR count). The Hall–Kier alpha value is -0.0400. The van der Waals surface area contributed by atoms with Gasteiger partial charge in [-0.15, -0.1) is 0 Å². The zero-order valence-corrected chi connectivity index (χ0v) is 7.48. The minimum atomic E-state index is 0.871. The van der Waals surface area contributed by atoms with E-state index in [1.807, 2.05) is 13.8 Å². The molecule has 1 saturated heterocycles. The third-order valence-electron chi connectivity index (χ3n) is 2.52. The third kappa shape index (κ3) is 1.34. The first-order valence-corrected chi connectivity index (χ1v) is 4.57. The molecule has 0 bridgehead atoms. The Bertz CT molecular complexity index is 97.3. The van der Waals surface area contributed by atoms with Crippen LogP contribution in [0.1, 0.15) is 33.6 Å². The highest BCUT2D eigenvalue weighted by Crippen LogP contribution is 2.52. The van der Waals surface area contributed by atoms with Crippen LogP contribution in [0.2, 0.25) is 0 Å². The van der Waals surface area contributed by atoms with E-state index in [1.165, 1.54) is 32.5 Å². The van der Waals surface area contributed by atoms with Crippen LogP contribution in [0, 0.1) is 5.41 Å². The number of hydrogen-bond donors (Lipinski definition) is 0. The molecule has 0 aromatic rings. The van der Waals surface area contributed by atoms with Crippen LogP contribution in [0.3, 0.4) is 0 Å². The van der Waals surface area contributed by atoms with Gasteiger partial charge in [0.2, 0.25) is 0 Å². The summed E-state index contributed by atoms with van der Waals surface area (Å²) in [5.74, 6) is 0. The Morgan fingerprint density at radius 2 is 1.70 bits per heavy atom. The molecule has 0 unspecified atom stereocenters. The highest BCUT2D eigenvalue weighted by molar-refractivity contribution is 5.04. The van der Waals surface area contributed by atoms with Gasteiger partial charge in [0.05, 0.1) is 0 Å². The van der Waals surface area contributed by atoms with Crippen molar-refractivity contribution in [1.29, 1.82) is 0 Å². The molecule has 0 radical (unpaired) electrons. The first kappa shape index (κ1) is 8.06. The summed E-state index contributed by atoms with van der Waals surface area (Å²) in [5.41, 5.74) is 0.871. The van der Waals surface area contributed by atoms with E-state index < -0.39 is 0 Å². The summed E-state index contributed by atoms with van der Waals surface area (Å²) < 4.78 is 0. The number of likely N-dealkylation sites (tertiary alicyclic amines) is 1. The molecule has 2 fully saturated rings. The van der Waals surface area contributed by atoms with E-state index in [-0.39, 0.29) is 0 Å². The van der Waals surface area contributed by atoms with E-state index >= 15 is 0 Å². The fourth-order valence-electron chi connectivity index (χ4n) is 1.62. The Morgan fingerprint density at radius 3 is 2.00 bits per heavy atom. The van der Waals surface area contributed by atoms with Crippen molar-refractivity contribution >= 4 is 0 Å². The fourth-order valence-corrected chi connectivity index (χ4v) is 1.62. The predicted molar refractivity (Wildman–Crippen MR) is 45.1 cm³/mol. The second-order valence-corrected chi connectivity index (χ2v) is 3.30. The van der Waals surface area contributed by atoms with Crippen molar-refractivity contribution in [3.05, 3.63) is 0 Å². The van der Waals surface area contributed by atoms with Gasteiger partial charge in [0.1, 0.15) is 0 Å². The van der Waals surface area contributed by atoms with Crippen LogP contribution in [0.15, 0.2) is 0 Å². The summed E-state index contributed by atoms with van der Waals surface area (Å²) in [5, 5.41) is 0. The van der Waals surface area contributed by atoms with E-state index in [2.05, 4.69) is 11.8 Å². The van der Waals surface area contributed by atoms with E-state index in [1.54, 1.807) is 0 Å². The third-order valence-corrected chi connectivity index (χ3v) is 2.52. The standard InChI is InChI=1S/C7H13N.C2H6/c1-2-8-5-7(6-8)3-4-7;1-2/h2-6H2,1H3;1-2H3. The summed E-state index contributed by atoms with van der Waals surface area (Å²) in [4.78, 5) is 2.52. The van der Waals surface area contributed by atoms with E-state index in [0.717, 1.165) is 5.41 Å². The molecule has 1 aliphatic heterocycles. The van der Waals surface area contributed by atoms with Gasteiger partial charge in [0.15, 0.2) is 0 Å². The second kappa shape index (κ2) is 2.91. The largest absolute Gasteiger partial charge is 0.302 e. The van der Waals surface area contributed by atoms with Gasteiger partial charge in [-0.3, -0.25) is 0 Å². The van der Waals surface area contributed by atoms with Crippen molar-refractivity contribution in [2.75, 3.05) is 19.6 Å². The normalized spacial score (nSPS) is 26.7. The van der Waals surface area contributed by atoms with Crippen molar-refractivity contribution in [3.63, 3.8) is 0 Å². The number of hydrogen-bond acceptors (Lipinski definition) is 1. The van der Waals surface area contributed by atoms with Crippen LogP contribution in [0.25, 0.3) is 0 Å². The molecule has 0 aromatic carbocycles. The molecule has 1 heteroatoms. The molecular weight excluding hydrogens is 122 g/mol. The van der Waals surface area contributed by atoms with E-state index in [9.17, 15) is 0 Å². The Kier molecular flexibility index (Phi) is 2.35. The second-order valence-electron chi connectivity index (χ2n) is 3.30. The van der Waals surface area contributed by atoms with Crippen molar-refractivity contribution in [2.45, 2.75) is 33.6 Å². The Labute approximate surface area is 64.4 Å². The smallest absolute Gasteiger partial charge is 0.00504 e. The van der Waals surface area contributed by atoms with Crippen LogP contribution in [-0.2, 0) is 0 Å². The van der Waals surface area contributed by atoms with Crippen molar-refractivity contribution in [1.82, 2.24) is 4.90 Å². The SMILES string of the molecule is CC.CCN1CC2(CC2)C1. The van der Waals surface area contributed by atoms with E-state index in [0.29, 0.717) is 0 Å². The molecule has 0 atom stereocenters. The number of rotatable bonds is 1. The summed E-state index contributed by atoms with van der Waals surface area (Å²) in [6, 6.07) is 0. The predicted octanol–water partition coefficient (Wildman–Crippen LogP) is 2.13. The van der Waals surface area contributed by atoms with Crippen molar-refractivity contribution in [2.24, 2.45) is 5.41 Å². The van der Waals surface area contributed by atoms with E-state index in [4.69, 9.17) is 0 Å². The molecule has 0 amide bonds. The Balaban J connectivity index is 0.000000231. The lowest BCUT2D eigenvalue weighted by Gasteiger charge is -2.39. The van der Waals surface area contributed by atoms with Crippen LogP contribution in [0.5, 0.6) is 0 Å². The molecule has 0 N–H and O–H groups in total. The lowest BCUT2D eigenvalue weighted by atomic mass is 9.97. The molecule has 2 aliphatic rings. The van der Waals surface area contributed by atoms with Crippen LogP contribution in [-0.4, -0.2) is 24.5 Å². The molecule has 10 heavy (non-hydrogen) atoms. The molecule has 0 aromatic heterocycles. The Morgan fingerprint density at radius 1 is 1.20 bits per heavy atom. The summed E-state index contributed by atoms with van der Waals surface area (Å²) in [6.45, 7) is 10.3. The first-order valence-electron chi connectivity index (χ1n) is 4.57. The van der Waals surface area contributed by atoms with Crippen molar-refractivity contribution < 1.29 is 0 Å². The van der Waals surface area contributed by atoms with Gasteiger partial charge in [-0.2, -0.15) is 0 Å². The highest BCUT2D eigenvalue weighted by Gasteiger charge is 2.51. The average molecular weight is 141 g/mol. The van der Waals surface area contributed by atoms with Crippen LogP contribution in [0.4, 0.5) is 0 Å². The highest BCUT2D eigenvalue weighted by atomic mass is 15.2. The van der Waals surface area contributed by atoms with Crippen LogP contribution < -0.4 is 0 Å². The molecule has 1 saturated carbocycles. The topological polar surface area (TPSA) is 3.24 Å². The van der Waals surface area contributed by atoms with Gasteiger partial charge < -0.3 is 4.90 Å². The maximum atomic E-state index is 2.52. The maximum absolute atomic E-state index is 2.52. The van der Waals surface area contributed by atoms with Gasteiger partial charge in [0.25, 0.3) is 0 Å². The lowest BCUT2D eigenvalue weighted by Crippen LogP contribution is -2.47. The fraction of sp³-hybridized carbons (Fsp3) is 1.00. The molecule has 1 aliphatic carbocycles. The molecule has 60 valence electrons. The molecule has 1 heterocycles. The van der Waals surface area contributed by atoms with Gasteiger partial charge in [-0.05, 0) is 24.8 Å². The minimum Gasteiger partial charge on any atom is -0.302 e. The zero-order valence-electron chi connectivity index (χ0n) is 7.48. The maximum Gasteiger partial charge on any atom is 0.00504 e. The van der Waals surface area contributed by atoms with Gasteiger partial charge in [-0.1, -0.05) is 20.8 Å². The minimum absolute atomic E-state index is 0.871. The summed E-state index contributed by atoms with van der Waals surface area (Å²) in [6.07, 6.45) is 3.03. The first-order chi connectivity index (χ1) is 4.85. The number of nitrogens with zero attached hydrogens (tertiary/aromatic N) is 1.